The van der Waals surface area contributed by atoms with Crippen LogP contribution in [-0.4, -0.2) is 35.3 Å². The number of carbonyl (C=O) groups excluding carboxylic acids is 3. The Balaban J connectivity index is 1.79. The third-order valence-electron chi connectivity index (χ3n) is 3.59. The van der Waals surface area contributed by atoms with E-state index >= 15 is 0 Å². The van der Waals surface area contributed by atoms with Crippen LogP contribution in [0.2, 0.25) is 0 Å². The number of amides is 3. The number of hydrogen-bond acceptors (Lipinski definition) is 7. The van der Waals surface area contributed by atoms with Crippen molar-refractivity contribution in [3.8, 4) is 0 Å². The van der Waals surface area contributed by atoms with Gasteiger partial charge in [0.15, 0.2) is 4.34 Å². The first-order valence-electron chi connectivity index (χ1n) is 8.29. The quantitative estimate of drug-likeness (QED) is 0.540. The Hall–Kier alpha value is -2.39. The van der Waals surface area contributed by atoms with Gasteiger partial charge < -0.3 is 10.1 Å². The Bertz CT molecular complexity index is 836. The molecule has 0 aliphatic heterocycles. The molecule has 1 aromatic carbocycles. The molecule has 2 N–H and O–H groups in total. The van der Waals surface area contributed by atoms with E-state index in [2.05, 4.69) is 15.6 Å². The van der Waals surface area contributed by atoms with Gasteiger partial charge in [-0.3, -0.25) is 14.9 Å². The predicted octanol–water partition coefficient (Wildman–Crippen LogP) is 3.31. The number of ether oxygens (including phenoxy) is 1. The Morgan fingerprint density at radius 2 is 2.04 bits per heavy atom. The minimum absolute atomic E-state index is 0.0482. The second-order valence-electron chi connectivity index (χ2n) is 5.62. The number of hydrogen-bond donors (Lipinski definition) is 2. The van der Waals surface area contributed by atoms with Crippen molar-refractivity contribution in [2.75, 3.05) is 17.7 Å². The fourth-order valence-electron chi connectivity index (χ4n) is 2.13. The Morgan fingerprint density at radius 1 is 1.26 bits per heavy atom. The summed E-state index contributed by atoms with van der Waals surface area (Å²) in [4.78, 5) is 39.6. The van der Waals surface area contributed by atoms with E-state index in [4.69, 9.17) is 4.74 Å². The minimum Gasteiger partial charge on any atom is -0.466 e. The van der Waals surface area contributed by atoms with Gasteiger partial charge >= 0.3 is 12.0 Å². The summed E-state index contributed by atoms with van der Waals surface area (Å²) in [6, 6.07) is 4.99. The van der Waals surface area contributed by atoms with Crippen molar-refractivity contribution in [1.29, 1.82) is 0 Å². The standard InChI is InChI=1S/C18H21N3O4S2/c1-4-25-16(23)8-13-9-26-18(19-13)27-10-15(22)21-17(24)20-14-7-5-6-11(2)12(14)3/h5-7,9H,4,8,10H2,1-3H3,(H2,20,21,22,24). The van der Waals surface area contributed by atoms with Crippen LogP contribution in [0.5, 0.6) is 0 Å². The van der Waals surface area contributed by atoms with Gasteiger partial charge in [0.1, 0.15) is 0 Å². The number of nitrogens with one attached hydrogen (secondary N) is 2. The highest BCUT2D eigenvalue weighted by Crippen LogP contribution is 2.23. The molecule has 3 amide bonds. The molecule has 2 aromatic rings. The minimum atomic E-state index is -0.573. The molecule has 0 aliphatic carbocycles. The van der Waals surface area contributed by atoms with Gasteiger partial charge in [0.2, 0.25) is 5.91 Å². The van der Waals surface area contributed by atoms with Crippen molar-refractivity contribution in [2.45, 2.75) is 31.5 Å². The fraction of sp³-hybridized carbons (Fsp3) is 0.333. The molecule has 0 saturated heterocycles. The molecular weight excluding hydrogens is 386 g/mol. The van der Waals surface area contributed by atoms with Gasteiger partial charge in [0, 0.05) is 11.1 Å². The zero-order chi connectivity index (χ0) is 19.8. The number of benzene rings is 1. The Labute approximate surface area is 165 Å². The molecule has 0 radical (unpaired) electrons. The van der Waals surface area contributed by atoms with Crippen molar-refractivity contribution in [3.05, 3.63) is 40.4 Å². The Morgan fingerprint density at radius 3 is 2.78 bits per heavy atom. The molecule has 0 spiro atoms. The van der Waals surface area contributed by atoms with E-state index in [-0.39, 0.29) is 18.1 Å². The van der Waals surface area contributed by atoms with Gasteiger partial charge in [0.05, 0.1) is 24.5 Å². The summed E-state index contributed by atoms with van der Waals surface area (Å²) in [5, 5.41) is 6.72. The summed E-state index contributed by atoms with van der Waals surface area (Å²) < 4.78 is 5.52. The van der Waals surface area contributed by atoms with Crippen LogP contribution in [0.1, 0.15) is 23.7 Å². The summed E-state index contributed by atoms with van der Waals surface area (Å²) in [5.74, 6) is -0.711. The number of carbonyl (C=O) groups is 3. The van der Waals surface area contributed by atoms with Crippen LogP contribution in [0.4, 0.5) is 10.5 Å². The molecule has 9 heteroatoms. The molecule has 0 aliphatic rings. The topological polar surface area (TPSA) is 97.4 Å². The smallest absolute Gasteiger partial charge is 0.325 e. The number of thiazole rings is 1. The lowest BCUT2D eigenvalue weighted by Crippen LogP contribution is -2.35. The van der Waals surface area contributed by atoms with Gasteiger partial charge in [-0.05, 0) is 38.0 Å². The highest BCUT2D eigenvalue weighted by molar-refractivity contribution is 8.01. The molecule has 144 valence electrons. The summed E-state index contributed by atoms with van der Waals surface area (Å²) in [6.07, 6.45) is 0.106. The summed E-state index contributed by atoms with van der Waals surface area (Å²) in [5.41, 5.74) is 3.27. The van der Waals surface area contributed by atoms with Gasteiger partial charge in [-0.15, -0.1) is 11.3 Å². The number of aromatic nitrogens is 1. The van der Waals surface area contributed by atoms with Gasteiger partial charge in [-0.2, -0.15) is 0 Å². The second-order valence-corrected chi connectivity index (χ2v) is 7.71. The summed E-state index contributed by atoms with van der Waals surface area (Å²) >= 11 is 2.55. The molecule has 0 atom stereocenters. The van der Waals surface area contributed by atoms with E-state index in [0.29, 0.717) is 22.3 Å². The van der Waals surface area contributed by atoms with E-state index in [1.807, 2.05) is 26.0 Å². The average Bonchev–Trinajstić information content (AvgIpc) is 3.04. The van der Waals surface area contributed by atoms with Crippen LogP contribution in [0, 0.1) is 13.8 Å². The third-order valence-corrected chi connectivity index (χ3v) is 5.66. The van der Waals surface area contributed by atoms with E-state index < -0.39 is 11.9 Å². The summed E-state index contributed by atoms with van der Waals surface area (Å²) in [6.45, 7) is 5.92. The molecule has 0 unspecified atom stereocenters. The number of urea groups is 1. The lowest BCUT2D eigenvalue weighted by Gasteiger charge is -2.10. The Kier molecular flexibility index (Phi) is 7.81. The zero-order valence-electron chi connectivity index (χ0n) is 15.3. The number of thioether (sulfide) groups is 1. The molecule has 0 fully saturated rings. The highest BCUT2D eigenvalue weighted by atomic mass is 32.2. The molecule has 0 bridgehead atoms. The van der Waals surface area contributed by atoms with Crippen molar-refractivity contribution >= 4 is 46.7 Å². The molecule has 2 rings (SSSR count). The number of anilines is 1. The van der Waals surface area contributed by atoms with Crippen LogP contribution >= 0.6 is 23.1 Å². The molecule has 7 nitrogen and oxygen atoms in total. The van der Waals surface area contributed by atoms with Crippen LogP contribution in [0.25, 0.3) is 0 Å². The van der Waals surface area contributed by atoms with E-state index in [1.165, 1.54) is 23.1 Å². The van der Waals surface area contributed by atoms with Gasteiger partial charge in [0.25, 0.3) is 0 Å². The van der Waals surface area contributed by atoms with Crippen LogP contribution < -0.4 is 10.6 Å². The number of nitrogens with zero attached hydrogens (tertiary/aromatic N) is 1. The number of aryl methyl sites for hydroxylation is 1. The van der Waals surface area contributed by atoms with Crippen molar-refractivity contribution in [3.63, 3.8) is 0 Å². The van der Waals surface area contributed by atoms with E-state index in [0.717, 1.165) is 11.1 Å². The normalized spacial score (nSPS) is 10.3. The lowest BCUT2D eigenvalue weighted by molar-refractivity contribution is -0.142. The highest BCUT2D eigenvalue weighted by Gasteiger charge is 2.13. The van der Waals surface area contributed by atoms with Crippen LogP contribution in [-0.2, 0) is 20.7 Å². The SMILES string of the molecule is CCOC(=O)Cc1csc(SCC(=O)NC(=O)Nc2cccc(C)c2C)n1. The van der Waals surface area contributed by atoms with Crippen LogP contribution in [0.15, 0.2) is 27.9 Å². The van der Waals surface area contributed by atoms with Crippen LogP contribution in [0.3, 0.4) is 0 Å². The molecule has 1 heterocycles. The zero-order valence-corrected chi connectivity index (χ0v) is 17.0. The first-order valence-corrected chi connectivity index (χ1v) is 10.2. The maximum atomic E-state index is 12.0. The summed E-state index contributed by atoms with van der Waals surface area (Å²) in [7, 11) is 0. The largest absolute Gasteiger partial charge is 0.466 e. The first kappa shape index (κ1) is 20.9. The number of imide groups is 1. The fourth-order valence-corrected chi connectivity index (χ4v) is 3.77. The van der Waals surface area contributed by atoms with Gasteiger partial charge in [-0.1, -0.05) is 23.9 Å². The third kappa shape index (κ3) is 6.69. The van der Waals surface area contributed by atoms with Crippen molar-refractivity contribution in [2.24, 2.45) is 0 Å². The maximum Gasteiger partial charge on any atom is 0.325 e. The number of esters is 1. The molecule has 0 saturated carbocycles. The maximum absolute atomic E-state index is 12.0. The lowest BCUT2D eigenvalue weighted by atomic mass is 10.1. The average molecular weight is 408 g/mol. The van der Waals surface area contributed by atoms with E-state index in [9.17, 15) is 14.4 Å². The molecular formula is C18H21N3O4S2. The second kappa shape index (κ2) is 10.1. The molecule has 1 aromatic heterocycles. The van der Waals surface area contributed by atoms with Crippen molar-refractivity contribution in [1.82, 2.24) is 10.3 Å². The first-order chi connectivity index (χ1) is 12.9. The van der Waals surface area contributed by atoms with E-state index in [1.54, 1.807) is 18.4 Å². The monoisotopic (exact) mass is 407 g/mol. The molecule has 27 heavy (non-hydrogen) atoms. The van der Waals surface area contributed by atoms with Gasteiger partial charge in [-0.25, -0.2) is 9.78 Å². The number of rotatable bonds is 7. The predicted molar refractivity (Wildman–Crippen MR) is 106 cm³/mol. The van der Waals surface area contributed by atoms with Crippen molar-refractivity contribution < 1.29 is 19.1 Å².